The molecule has 120 heavy (non-hydrogen) atoms. The molecule has 0 aromatic heterocycles. The van der Waals surface area contributed by atoms with Gasteiger partial charge < -0.3 is 37.9 Å². The van der Waals surface area contributed by atoms with Crippen LogP contribution in [0, 0.1) is 20.8 Å². The molecule has 0 N–H and O–H groups in total. The quantitative estimate of drug-likeness (QED) is 0.0742. The van der Waals surface area contributed by atoms with Crippen molar-refractivity contribution in [3.63, 3.8) is 0 Å². The summed E-state index contributed by atoms with van der Waals surface area (Å²) in [5.41, 5.74) is -11.8. The predicted molar refractivity (Wildman–Crippen MR) is 344 cm³/mol. The van der Waals surface area contributed by atoms with Crippen molar-refractivity contribution in [2.75, 3.05) is 21.3 Å². The van der Waals surface area contributed by atoms with Crippen molar-refractivity contribution in [1.29, 1.82) is 0 Å². The number of alkyl halides is 36. The van der Waals surface area contributed by atoms with Crippen LogP contribution in [0.15, 0.2) is 194 Å². The van der Waals surface area contributed by atoms with E-state index in [1.165, 1.54) is 19.1 Å². The summed E-state index contributed by atoms with van der Waals surface area (Å²) < 4.78 is 544. The van der Waals surface area contributed by atoms with Gasteiger partial charge in [-0.05, 0) is 126 Å². The highest BCUT2D eigenvalue weighted by atomic mass is 19.4. The molecule has 0 bridgehead atoms. The molecule has 0 radical (unpaired) electrons. The minimum atomic E-state index is -6.48. The largest absolute Gasteiger partial charge is 0.448 e. The van der Waals surface area contributed by atoms with Crippen molar-refractivity contribution in [3.8, 4) is 51.0 Å². The Morgan fingerprint density at radius 2 is 0.308 bits per heavy atom. The first kappa shape index (κ1) is 92.4. The van der Waals surface area contributed by atoms with Gasteiger partial charge in [-0.3, -0.25) is 0 Å². The first-order valence-corrected chi connectivity index (χ1v) is 33.3. The Balaban J connectivity index is 0.000000209. The minimum Gasteiger partial charge on any atom is -0.448 e. The minimum absolute atomic E-state index is 0.0238. The van der Waals surface area contributed by atoms with Crippen LogP contribution in [0.25, 0.3) is 22.3 Å². The molecule has 0 saturated heterocycles. The summed E-state index contributed by atoms with van der Waals surface area (Å²) in [6, 6.07) is 25.7. The zero-order valence-corrected chi connectivity index (χ0v) is 60.3. The summed E-state index contributed by atoms with van der Waals surface area (Å²) in [5, 5.41) is 0. The lowest BCUT2D eigenvalue weighted by molar-refractivity contribution is -0.538. The Morgan fingerprint density at radius 3 is 0.467 bits per heavy atom. The molecule has 654 valence electrons. The number of halogens is 36. The van der Waals surface area contributed by atoms with Gasteiger partial charge in [0.1, 0.15) is 28.7 Å². The predicted octanol–water partition coefficient (Wildman–Crippen LogP) is 24.1. The van der Waals surface area contributed by atoms with Gasteiger partial charge in [-0.15, -0.1) is 0 Å². The van der Waals surface area contributed by atoms with E-state index in [0.717, 1.165) is 65.2 Å². The fourth-order valence-electron chi connectivity index (χ4n) is 13.2. The number of hydrogen-bond donors (Lipinski definition) is 0. The molecular formula is C76H50F36O8. The molecule has 0 aliphatic heterocycles. The van der Waals surface area contributed by atoms with Crippen LogP contribution in [0.1, 0.15) is 38.9 Å². The van der Waals surface area contributed by atoms with Crippen molar-refractivity contribution in [3.05, 3.63) is 233 Å². The van der Waals surface area contributed by atoms with Crippen LogP contribution in [-0.4, -0.2) is 140 Å². The smallest absolute Gasteiger partial charge is 0.411 e. The Hall–Kier alpha value is -9.88. The standard InChI is InChI=1S/C37H22F18O4.C21H14F12O2.C18H14F6O2/c1-19-3-5-20(6-4-19)21-7-13-24(14-8-21)58-34(48)30(42,43)31(44,45)35(34,49)59-26-17-11-23(12-18-26)27(36(50,51)52,37(53,54)55)22-9-15-25(16-10-22)57-33(47)29(40,41)28(38,39)32(33,46)56-2;1-11-3-5-12(6-4-11)15(20(28,29)30,21(31,32)33)13-7-9-14(10-8-13)35-19(27)17(24,25)16(22,23)18(19,26)34-2;1-11-3-5-12(6-4-11)13-7-9-14(10-8-13)26-18(24)16(21,22)15(19,20)17(18,23)25-2/h3-18H,1-2H3;3-10H,1-2H3;3-10H,1-2H3. The van der Waals surface area contributed by atoms with Crippen LogP contribution in [0.4, 0.5) is 158 Å². The molecule has 4 aliphatic carbocycles. The van der Waals surface area contributed by atoms with E-state index in [-0.39, 0.29) is 87.0 Å². The fraction of sp³-hybridized carbons (Fsp3) is 0.368. The van der Waals surface area contributed by atoms with Gasteiger partial charge in [-0.2, -0.15) is 158 Å². The Kier molecular flexibility index (Phi) is 22.2. The molecule has 4 fully saturated rings. The second kappa shape index (κ2) is 28.9. The van der Waals surface area contributed by atoms with Gasteiger partial charge in [0, 0.05) is 21.3 Å². The normalized spacial score (nSPS) is 27.8. The Morgan fingerprint density at radius 1 is 0.183 bits per heavy atom. The summed E-state index contributed by atoms with van der Waals surface area (Å²) in [6.45, 7) is 5.08. The van der Waals surface area contributed by atoms with E-state index < -0.39 is 181 Å². The Labute approximate surface area is 650 Å². The van der Waals surface area contributed by atoms with Crippen molar-refractivity contribution < 1.29 is 196 Å². The highest BCUT2D eigenvalue weighted by molar-refractivity contribution is 5.66. The van der Waals surface area contributed by atoms with E-state index in [0.29, 0.717) is 41.5 Å². The number of rotatable bonds is 19. The SMILES string of the molecule is COC1(F)C(F)(F)C(F)(F)C1(F)Oc1ccc(-c2ccc(C)cc2)cc1.COC1(F)C(F)(F)C(F)(F)C1(F)Oc1ccc(C(c2ccc(C)cc2)(C(F)(F)F)C(F)(F)F)cc1.COC1(F)C(F)(F)C(F)(F)C1(F)Oc1ccc(C(c2ccc(OC3(F)C(F)(F)C(F)(F)C3(F)Oc3ccc(-c4ccc(C)cc4)cc3)cc2)(C(F)(F)F)C(F)(F)F)cc1. The second-order valence-corrected chi connectivity index (χ2v) is 27.2. The van der Waals surface area contributed by atoms with E-state index in [9.17, 15) is 149 Å². The lowest BCUT2D eigenvalue weighted by Gasteiger charge is -2.55. The number of hydrogen-bond acceptors (Lipinski definition) is 8. The van der Waals surface area contributed by atoms with Crippen LogP contribution < -0.4 is 23.7 Å². The van der Waals surface area contributed by atoms with Gasteiger partial charge in [0.05, 0.1) is 0 Å². The van der Waals surface area contributed by atoms with Gasteiger partial charge in [0.2, 0.25) is 10.8 Å². The van der Waals surface area contributed by atoms with Crippen LogP contribution in [0.3, 0.4) is 0 Å². The highest BCUT2D eigenvalue weighted by Crippen LogP contribution is 2.73. The van der Waals surface area contributed by atoms with E-state index in [2.05, 4.69) is 37.9 Å². The topological polar surface area (TPSA) is 73.8 Å². The zero-order chi connectivity index (χ0) is 90.5. The summed E-state index contributed by atoms with van der Waals surface area (Å²) in [7, 11) is 0.518. The maximum absolute atomic E-state index is 15.8. The van der Waals surface area contributed by atoms with Crippen molar-refractivity contribution in [1.82, 2.24) is 0 Å². The highest BCUT2D eigenvalue weighted by Gasteiger charge is 3.06. The van der Waals surface area contributed by atoms with Crippen molar-refractivity contribution in [2.45, 2.75) is 151 Å². The average molecular weight is 1780 g/mol. The fourth-order valence-corrected chi connectivity index (χ4v) is 13.2. The van der Waals surface area contributed by atoms with E-state index in [1.807, 2.05) is 19.1 Å². The van der Waals surface area contributed by atoms with Gasteiger partial charge >= 0.3 is 119 Å². The van der Waals surface area contributed by atoms with Gasteiger partial charge in [0.25, 0.3) is 0 Å². The zero-order valence-electron chi connectivity index (χ0n) is 60.3. The Bertz CT molecular complexity index is 4980. The molecule has 44 heteroatoms. The maximum atomic E-state index is 15.8. The number of ether oxygens (including phenoxy) is 8. The monoisotopic (exact) mass is 1770 g/mol. The molecule has 0 spiro atoms. The van der Waals surface area contributed by atoms with Crippen LogP contribution in [-0.2, 0) is 25.0 Å². The third kappa shape index (κ3) is 12.4. The summed E-state index contributed by atoms with van der Waals surface area (Å²) in [5.74, 6) is -92.9. The summed E-state index contributed by atoms with van der Waals surface area (Å²) in [4.78, 5) is 0. The van der Waals surface area contributed by atoms with Crippen LogP contribution >= 0.6 is 0 Å². The van der Waals surface area contributed by atoms with Crippen LogP contribution in [0.5, 0.6) is 28.7 Å². The molecule has 0 amide bonds. The third-order valence-corrected chi connectivity index (χ3v) is 20.1. The molecule has 0 heterocycles. The van der Waals surface area contributed by atoms with E-state index >= 15 is 8.78 Å². The number of benzene rings is 8. The first-order valence-electron chi connectivity index (χ1n) is 33.3. The van der Waals surface area contributed by atoms with Gasteiger partial charge in [-0.25, -0.2) is 0 Å². The lowest BCUT2D eigenvalue weighted by Crippen LogP contribution is -2.89. The van der Waals surface area contributed by atoms with Gasteiger partial charge in [0.15, 0.2) is 0 Å². The molecule has 4 aliphatic rings. The average Bonchev–Trinajstić information content (AvgIpc) is 0.665. The second-order valence-electron chi connectivity index (χ2n) is 27.2. The maximum Gasteiger partial charge on any atom is 0.411 e. The van der Waals surface area contributed by atoms with E-state index in [1.54, 1.807) is 43.3 Å². The number of aryl methyl sites for hydroxylation is 3. The molecule has 12 rings (SSSR count). The molecule has 8 aromatic rings. The third-order valence-electron chi connectivity index (χ3n) is 20.1. The summed E-state index contributed by atoms with van der Waals surface area (Å²) in [6.07, 6.45) is -24.9. The molecule has 8 aromatic carbocycles. The van der Waals surface area contributed by atoms with Gasteiger partial charge in [-0.1, -0.05) is 150 Å². The first-order chi connectivity index (χ1) is 54.6. The molecule has 4 saturated carbocycles. The van der Waals surface area contributed by atoms with Crippen molar-refractivity contribution in [2.24, 2.45) is 0 Å². The summed E-state index contributed by atoms with van der Waals surface area (Å²) >= 11 is 0. The lowest BCUT2D eigenvalue weighted by atomic mass is 9.72. The molecule has 8 nitrogen and oxygen atoms in total. The molecular weight excluding hydrogens is 1720 g/mol. The molecule has 8 atom stereocenters. The van der Waals surface area contributed by atoms with E-state index in [4.69, 9.17) is 0 Å². The van der Waals surface area contributed by atoms with Crippen LogP contribution in [0.2, 0.25) is 0 Å². The molecule has 8 unspecified atom stereocenters. The van der Waals surface area contributed by atoms with Crippen molar-refractivity contribution >= 4 is 0 Å². The number of methoxy groups -OCH3 is 3.